The number of halogens is 1. The number of hydrogen-bond acceptors (Lipinski definition) is 3. The second-order valence-corrected chi connectivity index (χ2v) is 4.48. The molecule has 0 unspecified atom stereocenters. The predicted octanol–water partition coefficient (Wildman–Crippen LogP) is 2.94. The minimum Gasteiger partial charge on any atom is -0.307 e. The van der Waals surface area contributed by atoms with Crippen LogP contribution in [-0.2, 0) is 19.5 Å². The van der Waals surface area contributed by atoms with Crippen molar-refractivity contribution >= 4 is 0 Å². The zero-order valence-corrected chi connectivity index (χ0v) is 11.4. The van der Waals surface area contributed by atoms with E-state index < -0.39 is 0 Å². The second kappa shape index (κ2) is 6.78. The third-order valence-electron chi connectivity index (χ3n) is 3.15. The van der Waals surface area contributed by atoms with Crippen LogP contribution in [0.3, 0.4) is 0 Å². The van der Waals surface area contributed by atoms with Crippen LogP contribution in [0.25, 0.3) is 0 Å². The minimum absolute atomic E-state index is 0.298. The molecule has 0 amide bonds. The highest BCUT2D eigenvalue weighted by molar-refractivity contribution is 5.33. The smallest absolute Gasteiger partial charge is 0.127 e. The minimum atomic E-state index is -0.298. The number of pyridine rings is 1. The first-order valence-corrected chi connectivity index (χ1v) is 6.56. The van der Waals surface area contributed by atoms with Gasteiger partial charge in [0.15, 0.2) is 0 Å². The van der Waals surface area contributed by atoms with Crippen LogP contribution >= 0.6 is 0 Å². The molecule has 102 valence electrons. The summed E-state index contributed by atoms with van der Waals surface area (Å²) >= 11 is 0. The van der Waals surface area contributed by atoms with Crippen LogP contribution in [-0.4, -0.2) is 4.98 Å². The van der Waals surface area contributed by atoms with E-state index in [1.54, 1.807) is 12.3 Å². The van der Waals surface area contributed by atoms with Crippen LogP contribution < -0.4 is 5.32 Å². The van der Waals surface area contributed by atoms with E-state index >= 15 is 0 Å². The number of nitrogens with zero attached hydrogens (tertiary/aromatic N) is 2. The van der Waals surface area contributed by atoms with Crippen LogP contribution in [0.5, 0.6) is 0 Å². The van der Waals surface area contributed by atoms with Gasteiger partial charge in [0.05, 0.1) is 17.3 Å². The van der Waals surface area contributed by atoms with Crippen molar-refractivity contribution in [2.24, 2.45) is 0 Å². The number of benzene rings is 1. The van der Waals surface area contributed by atoms with Gasteiger partial charge < -0.3 is 5.32 Å². The Kier molecular flexibility index (Phi) is 4.80. The van der Waals surface area contributed by atoms with E-state index in [4.69, 9.17) is 5.26 Å². The van der Waals surface area contributed by atoms with E-state index in [0.717, 1.165) is 12.1 Å². The van der Waals surface area contributed by atoms with Crippen molar-refractivity contribution in [3.8, 4) is 6.07 Å². The van der Waals surface area contributed by atoms with Gasteiger partial charge in [0.1, 0.15) is 5.82 Å². The summed E-state index contributed by atoms with van der Waals surface area (Å²) in [6.07, 6.45) is 2.68. The molecule has 4 heteroatoms. The Morgan fingerprint density at radius 3 is 2.85 bits per heavy atom. The van der Waals surface area contributed by atoms with E-state index in [2.05, 4.69) is 17.2 Å². The zero-order chi connectivity index (χ0) is 14.4. The maximum Gasteiger partial charge on any atom is 0.127 e. The van der Waals surface area contributed by atoms with Gasteiger partial charge in [-0.25, -0.2) is 4.39 Å². The van der Waals surface area contributed by atoms with Crippen molar-refractivity contribution in [2.75, 3.05) is 0 Å². The summed E-state index contributed by atoms with van der Waals surface area (Å²) in [7, 11) is 0. The molecule has 2 rings (SSSR count). The molecule has 0 aliphatic carbocycles. The summed E-state index contributed by atoms with van der Waals surface area (Å²) in [6, 6.07) is 10.3. The molecule has 1 heterocycles. The Morgan fingerprint density at radius 2 is 2.10 bits per heavy atom. The first-order chi connectivity index (χ1) is 9.74. The third kappa shape index (κ3) is 3.40. The number of nitriles is 1. The summed E-state index contributed by atoms with van der Waals surface area (Å²) in [6.45, 7) is 3.04. The maximum atomic E-state index is 13.6. The first kappa shape index (κ1) is 14.2. The Hall–Kier alpha value is -2.25. The standard InChI is InChI=1S/C16H16FN3/c1-2-13-4-3-7-20-16(13)11-19-10-14-8-12(9-18)5-6-15(14)17/h3-8,19H,2,10-11H2,1H3. The van der Waals surface area contributed by atoms with Crippen molar-refractivity contribution in [3.05, 3.63) is 64.7 Å². The van der Waals surface area contributed by atoms with E-state index in [0.29, 0.717) is 24.2 Å². The van der Waals surface area contributed by atoms with Crippen molar-refractivity contribution in [1.29, 1.82) is 5.26 Å². The maximum absolute atomic E-state index is 13.6. The van der Waals surface area contributed by atoms with Crippen LogP contribution in [0.4, 0.5) is 4.39 Å². The molecule has 0 aliphatic heterocycles. The first-order valence-electron chi connectivity index (χ1n) is 6.56. The zero-order valence-electron chi connectivity index (χ0n) is 11.4. The lowest BCUT2D eigenvalue weighted by Gasteiger charge is -2.09. The molecule has 0 atom stereocenters. The van der Waals surface area contributed by atoms with Crippen molar-refractivity contribution < 1.29 is 4.39 Å². The van der Waals surface area contributed by atoms with Gasteiger partial charge in [-0.05, 0) is 36.2 Å². The molecule has 0 radical (unpaired) electrons. The molecule has 1 aromatic heterocycles. The molecule has 1 aromatic carbocycles. The lowest BCUT2D eigenvalue weighted by atomic mass is 10.1. The summed E-state index contributed by atoms with van der Waals surface area (Å²) < 4.78 is 13.6. The Labute approximate surface area is 118 Å². The van der Waals surface area contributed by atoms with Crippen LogP contribution in [0.2, 0.25) is 0 Å². The molecule has 3 nitrogen and oxygen atoms in total. The van der Waals surface area contributed by atoms with Gasteiger partial charge in [0.25, 0.3) is 0 Å². The van der Waals surface area contributed by atoms with Crippen LogP contribution in [0.1, 0.15) is 29.3 Å². The van der Waals surface area contributed by atoms with E-state index in [1.807, 2.05) is 18.2 Å². The normalized spacial score (nSPS) is 10.2. The summed E-state index contributed by atoms with van der Waals surface area (Å²) in [5.74, 6) is -0.298. The van der Waals surface area contributed by atoms with Gasteiger partial charge in [-0.15, -0.1) is 0 Å². The number of nitrogens with one attached hydrogen (secondary N) is 1. The van der Waals surface area contributed by atoms with Gasteiger partial charge in [-0.1, -0.05) is 13.0 Å². The van der Waals surface area contributed by atoms with Gasteiger partial charge in [-0.2, -0.15) is 5.26 Å². The van der Waals surface area contributed by atoms with Crippen LogP contribution in [0, 0.1) is 17.1 Å². The fraction of sp³-hybridized carbons (Fsp3) is 0.250. The molecule has 2 aromatic rings. The van der Waals surface area contributed by atoms with Crippen molar-refractivity contribution in [1.82, 2.24) is 10.3 Å². The molecule has 0 saturated carbocycles. The molecule has 0 bridgehead atoms. The summed E-state index contributed by atoms with van der Waals surface area (Å²) in [5.41, 5.74) is 3.13. The Balaban J connectivity index is 2.01. The monoisotopic (exact) mass is 269 g/mol. The van der Waals surface area contributed by atoms with E-state index in [-0.39, 0.29) is 5.82 Å². The number of rotatable bonds is 5. The SMILES string of the molecule is CCc1cccnc1CNCc1cc(C#N)ccc1F. The van der Waals surface area contributed by atoms with Gasteiger partial charge in [0, 0.05) is 24.8 Å². The summed E-state index contributed by atoms with van der Waals surface area (Å²) in [5, 5.41) is 12.0. The third-order valence-corrected chi connectivity index (χ3v) is 3.15. The number of aryl methyl sites for hydroxylation is 1. The largest absolute Gasteiger partial charge is 0.307 e. The predicted molar refractivity (Wildman–Crippen MR) is 75.3 cm³/mol. The fourth-order valence-electron chi connectivity index (χ4n) is 2.05. The lowest BCUT2D eigenvalue weighted by molar-refractivity contribution is 0.584. The molecule has 0 fully saturated rings. The Bertz CT molecular complexity index is 632. The molecule has 0 aliphatic rings. The number of aromatic nitrogens is 1. The molecule has 1 N–H and O–H groups in total. The van der Waals surface area contributed by atoms with Gasteiger partial charge >= 0.3 is 0 Å². The average molecular weight is 269 g/mol. The molecule has 20 heavy (non-hydrogen) atoms. The highest BCUT2D eigenvalue weighted by Gasteiger charge is 2.05. The van der Waals surface area contributed by atoms with E-state index in [9.17, 15) is 4.39 Å². The van der Waals surface area contributed by atoms with Crippen molar-refractivity contribution in [2.45, 2.75) is 26.4 Å². The lowest BCUT2D eigenvalue weighted by Crippen LogP contribution is -2.16. The highest BCUT2D eigenvalue weighted by atomic mass is 19.1. The summed E-state index contributed by atoms with van der Waals surface area (Å²) in [4.78, 5) is 4.33. The molecular weight excluding hydrogens is 253 g/mol. The molecule has 0 saturated heterocycles. The second-order valence-electron chi connectivity index (χ2n) is 4.48. The topological polar surface area (TPSA) is 48.7 Å². The molecular formula is C16H16FN3. The van der Waals surface area contributed by atoms with Gasteiger partial charge in [-0.3, -0.25) is 4.98 Å². The van der Waals surface area contributed by atoms with Crippen LogP contribution in [0.15, 0.2) is 36.5 Å². The highest BCUT2D eigenvalue weighted by Crippen LogP contribution is 2.11. The average Bonchev–Trinajstić information content (AvgIpc) is 2.49. The van der Waals surface area contributed by atoms with E-state index in [1.165, 1.54) is 17.7 Å². The van der Waals surface area contributed by atoms with Gasteiger partial charge in [0.2, 0.25) is 0 Å². The molecule has 0 spiro atoms. The number of hydrogen-bond donors (Lipinski definition) is 1. The fourth-order valence-corrected chi connectivity index (χ4v) is 2.05. The Morgan fingerprint density at radius 1 is 1.25 bits per heavy atom. The quantitative estimate of drug-likeness (QED) is 0.908. The van der Waals surface area contributed by atoms with Crippen molar-refractivity contribution in [3.63, 3.8) is 0 Å².